The number of hydrogen-bond donors (Lipinski definition) is 2. The summed E-state index contributed by atoms with van der Waals surface area (Å²) in [6.45, 7) is 5.43. The number of alkyl halides is 6. The average molecular weight is 604 g/mol. The van der Waals surface area contributed by atoms with Crippen molar-refractivity contribution in [2.24, 2.45) is 0 Å². The molecule has 14 heteroatoms. The van der Waals surface area contributed by atoms with Crippen molar-refractivity contribution in [2.45, 2.75) is 63.3 Å². The highest BCUT2D eigenvalue weighted by Gasteiger charge is 2.37. The second-order valence-corrected chi connectivity index (χ2v) is 11.9. The summed E-state index contributed by atoms with van der Waals surface area (Å²) < 4.78 is 78.3. The van der Waals surface area contributed by atoms with Gasteiger partial charge in [0, 0.05) is 62.4 Å². The van der Waals surface area contributed by atoms with Gasteiger partial charge >= 0.3 is 12.4 Å². The minimum atomic E-state index is -4.48. The number of likely N-dealkylation sites (tertiary alicyclic amines) is 1. The molecule has 1 saturated carbocycles. The van der Waals surface area contributed by atoms with Crippen molar-refractivity contribution < 1.29 is 26.3 Å². The maximum Gasteiger partial charge on any atom is 0.445 e. The van der Waals surface area contributed by atoms with Crippen LogP contribution in [-0.4, -0.2) is 71.9 Å². The van der Waals surface area contributed by atoms with Crippen LogP contribution in [0.4, 0.5) is 42.8 Å². The fourth-order valence-corrected chi connectivity index (χ4v) is 6.48. The summed E-state index contributed by atoms with van der Waals surface area (Å²) in [4.78, 5) is 6.68. The topological polar surface area (TPSA) is 73.6 Å². The number of benzene rings is 1. The van der Waals surface area contributed by atoms with E-state index in [1.807, 2.05) is 4.90 Å². The van der Waals surface area contributed by atoms with Crippen LogP contribution in [0.5, 0.6) is 0 Å². The van der Waals surface area contributed by atoms with Crippen LogP contribution in [0.15, 0.2) is 29.5 Å². The molecule has 5 rings (SSSR count). The number of piperazine rings is 1. The summed E-state index contributed by atoms with van der Waals surface area (Å²) in [6, 6.07) is 4.10. The Morgan fingerprint density at radius 2 is 1.66 bits per heavy atom. The predicted molar refractivity (Wildman–Crippen MR) is 148 cm³/mol. The van der Waals surface area contributed by atoms with Crippen LogP contribution in [0.1, 0.15) is 55.5 Å². The molecule has 41 heavy (non-hydrogen) atoms. The molecule has 3 N–H and O–H groups in total. The van der Waals surface area contributed by atoms with Crippen molar-refractivity contribution in [3.63, 3.8) is 0 Å². The molecular formula is C27H35F6N7S. The zero-order valence-electron chi connectivity index (χ0n) is 22.7. The maximum absolute atomic E-state index is 13.2. The molecule has 0 unspecified atom stereocenters. The molecule has 226 valence electrons. The van der Waals surface area contributed by atoms with E-state index in [9.17, 15) is 26.3 Å². The molecule has 1 aromatic carbocycles. The van der Waals surface area contributed by atoms with E-state index < -0.39 is 22.9 Å². The summed E-state index contributed by atoms with van der Waals surface area (Å²) in [5.74, 6) is 0. The first kappa shape index (κ1) is 29.7. The number of anilines is 3. The Labute approximate surface area is 239 Å². The van der Waals surface area contributed by atoms with Crippen LogP contribution in [0.25, 0.3) is 0 Å². The average Bonchev–Trinajstić information content (AvgIpc) is 3.40. The van der Waals surface area contributed by atoms with Gasteiger partial charge in [-0.15, -0.1) is 10.2 Å². The lowest BCUT2D eigenvalue weighted by Gasteiger charge is -2.39. The van der Waals surface area contributed by atoms with Gasteiger partial charge in [0.2, 0.25) is 10.1 Å². The molecule has 1 aromatic heterocycles. The highest BCUT2D eigenvalue weighted by atomic mass is 32.1. The Bertz CT molecular complexity index is 1210. The number of allylic oxidation sites excluding steroid dienone is 2. The molecule has 7 nitrogen and oxygen atoms in total. The number of halogens is 6. The number of aromatic nitrogens is 2. The molecule has 0 radical (unpaired) electrons. The molecule has 0 bridgehead atoms. The van der Waals surface area contributed by atoms with Crippen LogP contribution < -0.4 is 16.0 Å². The number of nitrogens with one attached hydrogen (secondary N) is 1. The molecule has 0 amide bonds. The molecule has 2 aliphatic heterocycles. The van der Waals surface area contributed by atoms with E-state index >= 15 is 0 Å². The molecule has 1 aliphatic carbocycles. The van der Waals surface area contributed by atoms with Gasteiger partial charge in [-0.25, -0.2) is 0 Å². The number of hydrogen-bond acceptors (Lipinski definition) is 8. The zero-order chi connectivity index (χ0) is 29.2. The molecule has 3 aliphatic rings. The molecule has 0 atom stereocenters. The third-order valence-corrected chi connectivity index (χ3v) is 9.19. The van der Waals surface area contributed by atoms with Gasteiger partial charge in [0.25, 0.3) is 0 Å². The lowest BCUT2D eigenvalue weighted by atomic mass is 9.88. The smallest absolute Gasteiger partial charge is 0.398 e. The summed E-state index contributed by atoms with van der Waals surface area (Å²) in [5.41, 5.74) is 7.84. The first-order valence-corrected chi connectivity index (χ1v) is 14.9. The van der Waals surface area contributed by atoms with E-state index in [1.54, 1.807) is 6.07 Å². The van der Waals surface area contributed by atoms with E-state index in [0.717, 1.165) is 77.3 Å². The summed E-state index contributed by atoms with van der Waals surface area (Å²) >= 11 is 0.594. The van der Waals surface area contributed by atoms with Gasteiger partial charge in [-0.1, -0.05) is 16.9 Å². The molecule has 3 heterocycles. The van der Waals surface area contributed by atoms with E-state index in [4.69, 9.17) is 5.73 Å². The number of nitrogen functional groups attached to an aromatic ring is 1. The summed E-state index contributed by atoms with van der Waals surface area (Å²) in [6.07, 6.45) is -1.84. The lowest BCUT2D eigenvalue weighted by Crippen LogP contribution is -2.46. The summed E-state index contributed by atoms with van der Waals surface area (Å²) in [5, 5.41) is 9.72. The first-order valence-electron chi connectivity index (χ1n) is 14.0. The van der Waals surface area contributed by atoms with Crippen molar-refractivity contribution in [1.29, 1.82) is 0 Å². The number of nitrogens with zero attached hydrogens (tertiary/aromatic N) is 5. The summed E-state index contributed by atoms with van der Waals surface area (Å²) in [7, 11) is 0. The van der Waals surface area contributed by atoms with E-state index in [-0.39, 0.29) is 11.7 Å². The molecular weight excluding hydrogens is 568 g/mol. The monoisotopic (exact) mass is 603 g/mol. The van der Waals surface area contributed by atoms with Gasteiger partial charge in [-0.3, -0.25) is 4.90 Å². The van der Waals surface area contributed by atoms with Crippen LogP contribution in [-0.2, 0) is 12.4 Å². The van der Waals surface area contributed by atoms with Gasteiger partial charge in [-0.05, 0) is 69.7 Å². The molecule has 3 fully saturated rings. The Morgan fingerprint density at radius 3 is 2.24 bits per heavy atom. The van der Waals surface area contributed by atoms with Crippen molar-refractivity contribution in [3.05, 3.63) is 40.0 Å². The number of piperidine rings is 1. The predicted octanol–water partition coefficient (Wildman–Crippen LogP) is 6.07. The van der Waals surface area contributed by atoms with E-state index in [1.165, 1.54) is 23.8 Å². The standard InChI is InChI=1S/C27H35F6N7S/c28-26(29,30)21-17-20(6-7-22(21)34)35-19-8-11-39(12-9-19)23(18-3-1-4-18)5-2-10-38-13-15-40(16-14-38)25-37-36-24(41-25)27(31,32)33/h6-7,17,19,35H,1-5,8-16,34H2. The van der Waals surface area contributed by atoms with Gasteiger partial charge in [-0.2, -0.15) is 26.3 Å². The molecule has 2 saturated heterocycles. The van der Waals surface area contributed by atoms with Crippen molar-refractivity contribution in [2.75, 3.05) is 61.8 Å². The fourth-order valence-electron chi connectivity index (χ4n) is 5.71. The molecule has 2 aromatic rings. The van der Waals surface area contributed by atoms with Gasteiger partial charge in [0.1, 0.15) is 0 Å². The minimum Gasteiger partial charge on any atom is -0.398 e. The first-order chi connectivity index (χ1) is 19.5. The quantitative estimate of drug-likeness (QED) is 0.280. The van der Waals surface area contributed by atoms with E-state index in [2.05, 4.69) is 25.3 Å². The SMILES string of the molecule is Nc1ccc(NC2CCN(C(CCCN3CCN(c4nnc(C(F)(F)F)s4)CC3)=C3CCC3)CC2)cc1C(F)(F)F. The van der Waals surface area contributed by atoms with Crippen LogP contribution in [0.3, 0.4) is 0 Å². The second-order valence-electron chi connectivity index (χ2n) is 10.9. The van der Waals surface area contributed by atoms with Crippen LogP contribution in [0, 0.1) is 0 Å². The lowest BCUT2D eigenvalue weighted by molar-refractivity contribution is -0.138. The zero-order valence-corrected chi connectivity index (χ0v) is 23.5. The Hall–Kier alpha value is -2.74. The maximum atomic E-state index is 13.2. The van der Waals surface area contributed by atoms with Crippen molar-refractivity contribution in [1.82, 2.24) is 20.0 Å². The highest BCUT2D eigenvalue weighted by molar-refractivity contribution is 7.15. The van der Waals surface area contributed by atoms with E-state index in [0.29, 0.717) is 35.2 Å². The van der Waals surface area contributed by atoms with Crippen molar-refractivity contribution in [3.8, 4) is 0 Å². The molecule has 0 spiro atoms. The largest absolute Gasteiger partial charge is 0.445 e. The Balaban J connectivity index is 1.08. The highest BCUT2D eigenvalue weighted by Crippen LogP contribution is 2.37. The third-order valence-electron chi connectivity index (χ3n) is 8.16. The van der Waals surface area contributed by atoms with Crippen LogP contribution >= 0.6 is 11.3 Å². The number of rotatable bonds is 8. The third kappa shape index (κ3) is 7.37. The number of nitrogens with two attached hydrogens (primary N) is 1. The minimum absolute atomic E-state index is 0.0974. The Morgan fingerprint density at radius 1 is 0.951 bits per heavy atom. The van der Waals surface area contributed by atoms with Crippen LogP contribution in [0.2, 0.25) is 0 Å². The van der Waals surface area contributed by atoms with Gasteiger partial charge in [0.05, 0.1) is 5.56 Å². The van der Waals surface area contributed by atoms with Gasteiger partial charge in [0.15, 0.2) is 0 Å². The Kier molecular flexibility index (Phi) is 8.88. The van der Waals surface area contributed by atoms with Gasteiger partial charge < -0.3 is 20.9 Å². The fraction of sp³-hybridized carbons (Fsp3) is 0.630. The van der Waals surface area contributed by atoms with Crippen molar-refractivity contribution >= 4 is 27.8 Å². The normalized spacial score (nSPS) is 19.4. The second kappa shape index (κ2) is 12.2.